The van der Waals surface area contributed by atoms with Crippen LogP contribution < -0.4 is 5.32 Å². The van der Waals surface area contributed by atoms with Gasteiger partial charge in [-0.15, -0.1) is 0 Å². The second-order valence-corrected chi connectivity index (χ2v) is 11.7. The molecule has 7 nitrogen and oxygen atoms in total. The number of carbonyl (C=O) groups is 1. The Bertz CT molecular complexity index is 1540. The van der Waals surface area contributed by atoms with Crippen LogP contribution in [0.2, 0.25) is 0 Å². The molecule has 2 fully saturated rings. The SMILES string of the molecule is CCC1=C(CN2CCCC2)C=CC(NC(=O)c2n[nH]c3ccc(-c4cncc(CN5CCC(F)(F)CC5)c4)cc23)=CC1. The van der Waals surface area contributed by atoms with Gasteiger partial charge in [0, 0.05) is 68.1 Å². The predicted octanol–water partition coefficient (Wildman–Crippen LogP) is 6.23. The van der Waals surface area contributed by atoms with Crippen molar-refractivity contribution in [1.82, 2.24) is 30.3 Å². The highest BCUT2D eigenvalue weighted by Gasteiger charge is 2.33. The van der Waals surface area contributed by atoms with Crippen LogP contribution in [0, 0.1) is 0 Å². The predicted molar refractivity (Wildman–Crippen MR) is 161 cm³/mol. The molecule has 3 aromatic rings. The fourth-order valence-corrected chi connectivity index (χ4v) is 6.14. The molecule has 42 heavy (non-hydrogen) atoms. The van der Waals surface area contributed by atoms with Gasteiger partial charge in [-0.25, -0.2) is 8.78 Å². The third kappa shape index (κ3) is 6.52. The van der Waals surface area contributed by atoms with Gasteiger partial charge in [-0.3, -0.25) is 24.7 Å². The van der Waals surface area contributed by atoms with E-state index in [1.807, 2.05) is 35.2 Å². The Labute approximate surface area is 245 Å². The summed E-state index contributed by atoms with van der Waals surface area (Å²) in [6.45, 7) is 6.79. The summed E-state index contributed by atoms with van der Waals surface area (Å²) in [7, 11) is 0. The van der Waals surface area contributed by atoms with Crippen LogP contribution in [0.25, 0.3) is 22.0 Å². The number of hydrogen-bond donors (Lipinski definition) is 2. The van der Waals surface area contributed by atoms with Gasteiger partial charge in [-0.2, -0.15) is 5.10 Å². The smallest absolute Gasteiger partial charge is 0.276 e. The normalized spacial score (nSPS) is 19.7. The van der Waals surface area contributed by atoms with E-state index in [4.69, 9.17) is 0 Å². The number of piperidine rings is 1. The molecule has 0 radical (unpaired) electrons. The minimum atomic E-state index is -2.56. The number of rotatable bonds is 8. The number of fused-ring (bicyclic) bond motifs is 1. The summed E-state index contributed by atoms with van der Waals surface area (Å²) in [6.07, 6.45) is 13.9. The maximum Gasteiger partial charge on any atom is 0.276 e. The van der Waals surface area contributed by atoms with E-state index in [0.717, 1.165) is 65.8 Å². The van der Waals surface area contributed by atoms with Crippen LogP contribution in [0.4, 0.5) is 8.78 Å². The molecule has 220 valence electrons. The second kappa shape index (κ2) is 12.3. The van der Waals surface area contributed by atoms with E-state index in [1.54, 1.807) is 12.4 Å². The topological polar surface area (TPSA) is 77.1 Å². The number of allylic oxidation sites excluding steroid dienone is 3. The molecule has 2 N–H and O–H groups in total. The van der Waals surface area contributed by atoms with Crippen molar-refractivity contribution in [2.24, 2.45) is 0 Å². The Hall–Kier alpha value is -3.69. The molecule has 2 aromatic heterocycles. The van der Waals surface area contributed by atoms with Crippen LogP contribution >= 0.6 is 0 Å². The van der Waals surface area contributed by atoms with E-state index < -0.39 is 5.92 Å². The van der Waals surface area contributed by atoms with Crippen LogP contribution in [-0.2, 0) is 6.54 Å². The number of likely N-dealkylation sites (tertiary alicyclic amines) is 2. The van der Waals surface area contributed by atoms with Crippen molar-refractivity contribution < 1.29 is 13.6 Å². The number of hydrogen-bond acceptors (Lipinski definition) is 5. The Morgan fingerprint density at radius 2 is 1.79 bits per heavy atom. The van der Waals surface area contributed by atoms with Crippen molar-refractivity contribution in [2.45, 2.75) is 57.9 Å². The van der Waals surface area contributed by atoms with Gasteiger partial charge in [0.2, 0.25) is 0 Å². The molecule has 0 unspecified atom stereocenters. The number of H-pyrrole nitrogens is 1. The van der Waals surface area contributed by atoms with Crippen LogP contribution in [0.3, 0.4) is 0 Å². The first-order valence-electron chi connectivity index (χ1n) is 15.0. The average Bonchev–Trinajstić information content (AvgIpc) is 3.62. The maximum atomic E-state index is 13.6. The fraction of sp³-hybridized carbons (Fsp3) is 0.424. The average molecular weight is 573 g/mol. The van der Waals surface area contributed by atoms with Crippen molar-refractivity contribution in [3.8, 4) is 11.1 Å². The van der Waals surface area contributed by atoms with E-state index in [9.17, 15) is 13.6 Å². The number of nitrogens with zero attached hydrogens (tertiary/aromatic N) is 4. The molecular weight excluding hydrogens is 534 g/mol. The standard InChI is InChI=1S/C33H38F2N6O/c1-2-24-5-8-28(9-6-26(24)22-40-13-3-4-14-40)37-32(42)31-29-18-25(7-10-30(29)38-39-31)27-17-23(19-36-20-27)21-41-15-11-33(34,35)12-16-41/h6-10,17-20H,2-5,11-16,21-22H2,1H3,(H,37,42)(H,38,39). The summed E-state index contributed by atoms with van der Waals surface area (Å²) < 4.78 is 27.1. The number of pyridine rings is 1. The minimum Gasteiger partial charge on any atom is -0.321 e. The van der Waals surface area contributed by atoms with E-state index >= 15 is 0 Å². The number of aromatic amines is 1. The molecule has 0 atom stereocenters. The Morgan fingerprint density at radius 3 is 2.57 bits per heavy atom. The van der Waals surface area contributed by atoms with E-state index in [-0.39, 0.29) is 18.7 Å². The molecule has 6 rings (SSSR count). The van der Waals surface area contributed by atoms with E-state index in [1.165, 1.54) is 24.0 Å². The Morgan fingerprint density at radius 1 is 1.00 bits per heavy atom. The zero-order valence-electron chi connectivity index (χ0n) is 24.1. The van der Waals surface area contributed by atoms with Gasteiger partial charge >= 0.3 is 0 Å². The Kier molecular flexibility index (Phi) is 8.31. The lowest BCUT2D eigenvalue weighted by Gasteiger charge is -2.31. The molecule has 0 bridgehead atoms. The first-order chi connectivity index (χ1) is 20.4. The molecular formula is C33H38F2N6O. The zero-order valence-corrected chi connectivity index (χ0v) is 24.1. The van der Waals surface area contributed by atoms with Crippen molar-refractivity contribution in [3.63, 3.8) is 0 Å². The third-order valence-corrected chi connectivity index (χ3v) is 8.66. The number of carbonyl (C=O) groups excluding carboxylic acids is 1. The number of halogens is 2. The van der Waals surface area contributed by atoms with Gasteiger partial charge in [0.05, 0.1) is 5.52 Å². The number of aromatic nitrogens is 3. The summed E-state index contributed by atoms with van der Waals surface area (Å²) in [5.41, 5.74) is 7.44. The van der Waals surface area contributed by atoms with Crippen molar-refractivity contribution in [3.05, 3.63) is 83.0 Å². The molecule has 0 saturated carbocycles. The number of amides is 1. The van der Waals surface area contributed by atoms with E-state index in [0.29, 0.717) is 25.3 Å². The summed E-state index contributed by atoms with van der Waals surface area (Å²) in [4.78, 5) is 22.4. The summed E-state index contributed by atoms with van der Waals surface area (Å²) in [5, 5.41) is 11.1. The van der Waals surface area contributed by atoms with Gasteiger partial charge in [-0.1, -0.05) is 30.7 Å². The van der Waals surface area contributed by atoms with Gasteiger partial charge < -0.3 is 5.32 Å². The van der Waals surface area contributed by atoms with E-state index in [2.05, 4.69) is 44.5 Å². The number of benzene rings is 1. The molecule has 1 aliphatic carbocycles. The molecule has 2 saturated heterocycles. The van der Waals surface area contributed by atoms with Gasteiger partial charge in [0.15, 0.2) is 5.69 Å². The number of alkyl halides is 2. The third-order valence-electron chi connectivity index (χ3n) is 8.66. The first-order valence-corrected chi connectivity index (χ1v) is 15.0. The first kappa shape index (κ1) is 28.4. The van der Waals surface area contributed by atoms with Crippen LogP contribution in [0.5, 0.6) is 0 Å². The quantitative estimate of drug-likeness (QED) is 0.335. The van der Waals surface area contributed by atoms with Crippen LogP contribution in [0.15, 0.2) is 71.7 Å². The lowest BCUT2D eigenvalue weighted by molar-refractivity contribution is -0.0566. The second-order valence-electron chi connectivity index (χ2n) is 11.7. The van der Waals surface area contributed by atoms with Crippen molar-refractivity contribution in [1.29, 1.82) is 0 Å². The fourth-order valence-electron chi connectivity index (χ4n) is 6.14. The lowest BCUT2D eigenvalue weighted by atomic mass is 10.0. The molecule has 2 aliphatic heterocycles. The monoisotopic (exact) mass is 572 g/mol. The molecule has 1 aromatic carbocycles. The van der Waals surface area contributed by atoms with Gasteiger partial charge in [0.1, 0.15) is 0 Å². The molecule has 3 aliphatic rings. The Balaban J connectivity index is 1.16. The summed E-state index contributed by atoms with van der Waals surface area (Å²) >= 11 is 0. The van der Waals surface area contributed by atoms with Crippen molar-refractivity contribution >= 4 is 16.8 Å². The molecule has 9 heteroatoms. The van der Waals surface area contributed by atoms with Crippen LogP contribution in [-0.4, -0.2) is 69.5 Å². The maximum absolute atomic E-state index is 13.6. The lowest BCUT2D eigenvalue weighted by Crippen LogP contribution is -2.38. The minimum absolute atomic E-state index is 0.106. The van der Waals surface area contributed by atoms with Gasteiger partial charge in [-0.05, 0) is 79.7 Å². The molecule has 4 heterocycles. The summed E-state index contributed by atoms with van der Waals surface area (Å²) in [6, 6.07) is 7.89. The zero-order chi connectivity index (χ0) is 29.1. The molecule has 0 spiro atoms. The summed E-state index contributed by atoms with van der Waals surface area (Å²) in [5.74, 6) is -2.82. The molecule has 1 amide bonds. The highest BCUT2D eigenvalue weighted by atomic mass is 19.3. The largest absolute Gasteiger partial charge is 0.321 e. The highest BCUT2D eigenvalue weighted by Crippen LogP contribution is 2.30. The van der Waals surface area contributed by atoms with Crippen molar-refractivity contribution in [2.75, 3.05) is 32.7 Å². The number of nitrogens with one attached hydrogen (secondary N) is 2. The van der Waals surface area contributed by atoms with Crippen LogP contribution in [0.1, 0.15) is 61.5 Å². The van der Waals surface area contributed by atoms with Gasteiger partial charge in [0.25, 0.3) is 11.8 Å². The highest BCUT2D eigenvalue weighted by molar-refractivity contribution is 6.06.